The van der Waals surface area contributed by atoms with Crippen molar-refractivity contribution in [1.29, 1.82) is 5.26 Å². The van der Waals surface area contributed by atoms with Crippen LogP contribution < -0.4 is 0 Å². The highest BCUT2D eigenvalue weighted by Gasteiger charge is 2.30. The van der Waals surface area contributed by atoms with E-state index in [9.17, 15) is 9.18 Å². The van der Waals surface area contributed by atoms with Gasteiger partial charge in [0.15, 0.2) is 5.82 Å². The molecule has 0 saturated carbocycles. The number of benzene rings is 2. The summed E-state index contributed by atoms with van der Waals surface area (Å²) < 4.78 is 14.5. The van der Waals surface area contributed by atoms with E-state index in [1.165, 1.54) is 6.07 Å². The molecule has 1 aliphatic rings. The second-order valence-electron chi connectivity index (χ2n) is 6.41. The molecule has 1 N–H and O–H groups in total. The van der Waals surface area contributed by atoms with Crippen molar-refractivity contribution in [3.8, 4) is 17.2 Å². The van der Waals surface area contributed by atoms with Crippen LogP contribution in [-0.2, 0) is 6.54 Å². The molecule has 2 aromatic carbocycles. The maximum atomic E-state index is 14.5. The molecule has 6 heteroatoms. The summed E-state index contributed by atoms with van der Waals surface area (Å²) in [7, 11) is 0. The molecule has 0 bridgehead atoms. The number of amides is 1. The molecule has 4 rings (SSSR count). The van der Waals surface area contributed by atoms with E-state index in [-0.39, 0.29) is 12.5 Å². The van der Waals surface area contributed by atoms with Crippen LogP contribution in [0.5, 0.6) is 0 Å². The molecule has 2 heterocycles. The number of nitriles is 1. The second kappa shape index (κ2) is 5.81. The number of aromatic nitrogens is 2. The highest BCUT2D eigenvalue weighted by atomic mass is 19.1. The van der Waals surface area contributed by atoms with Crippen LogP contribution >= 0.6 is 0 Å². The molecular formula is C20H15FN4O. The summed E-state index contributed by atoms with van der Waals surface area (Å²) in [5.74, 6) is -0.544. The average molecular weight is 346 g/mol. The maximum Gasteiger partial charge on any atom is 0.254 e. The molecule has 0 radical (unpaired) electrons. The molecule has 0 unspecified atom stereocenters. The number of rotatable bonds is 3. The molecule has 3 aromatic rings. The Balaban J connectivity index is 1.82. The summed E-state index contributed by atoms with van der Waals surface area (Å²) in [5, 5.41) is 16.4. The van der Waals surface area contributed by atoms with Crippen LogP contribution in [0.3, 0.4) is 0 Å². The van der Waals surface area contributed by atoms with E-state index < -0.39 is 5.82 Å². The van der Waals surface area contributed by atoms with Gasteiger partial charge in [-0.2, -0.15) is 10.4 Å². The van der Waals surface area contributed by atoms with E-state index >= 15 is 0 Å². The second-order valence-corrected chi connectivity index (χ2v) is 6.41. The Bertz CT molecular complexity index is 1120. The first-order valence-corrected chi connectivity index (χ1v) is 8.13. The SMILES string of the molecule is C=C(C#N)CN1Cc2c(cccc2-c2cc(F)c3n[nH]c(C)c3c2)C1=O. The van der Waals surface area contributed by atoms with Crippen molar-refractivity contribution in [2.75, 3.05) is 6.54 Å². The Kier molecular flexibility index (Phi) is 3.58. The minimum absolute atomic E-state index is 0.140. The Labute approximate surface area is 149 Å². The van der Waals surface area contributed by atoms with Crippen LogP contribution in [0.4, 0.5) is 4.39 Å². The number of hydrogen-bond acceptors (Lipinski definition) is 3. The summed E-state index contributed by atoms with van der Waals surface area (Å²) in [6.45, 7) is 6.05. The first-order valence-electron chi connectivity index (χ1n) is 8.13. The molecule has 5 nitrogen and oxygen atoms in total. The lowest BCUT2D eigenvalue weighted by molar-refractivity contribution is 0.0794. The number of aromatic amines is 1. The van der Waals surface area contributed by atoms with Crippen LogP contribution in [0.1, 0.15) is 21.6 Å². The van der Waals surface area contributed by atoms with Gasteiger partial charge in [-0.15, -0.1) is 0 Å². The molecule has 1 aliphatic heterocycles. The predicted octanol–water partition coefficient (Wildman–Crippen LogP) is 3.71. The molecule has 128 valence electrons. The van der Waals surface area contributed by atoms with Gasteiger partial charge in [0.25, 0.3) is 5.91 Å². The lowest BCUT2D eigenvalue weighted by Gasteiger charge is -2.14. The number of aryl methyl sites for hydroxylation is 1. The van der Waals surface area contributed by atoms with Gasteiger partial charge < -0.3 is 4.90 Å². The fourth-order valence-electron chi connectivity index (χ4n) is 3.41. The molecule has 1 amide bonds. The Morgan fingerprint density at radius 2 is 2.19 bits per heavy atom. The van der Waals surface area contributed by atoms with E-state index in [1.54, 1.807) is 17.0 Å². The lowest BCUT2D eigenvalue weighted by atomic mass is 9.95. The number of carbonyl (C=O) groups excluding carboxylic acids is 1. The smallest absolute Gasteiger partial charge is 0.254 e. The van der Waals surface area contributed by atoms with Gasteiger partial charge in [0.05, 0.1) is 12.6 Å². The first kappa shape index (κ1) is 16.0. The van der Waals surface area contributed by atoms with Gasteiger partial charge in [-0.1, -0.05) is 18.7 Å². The third-order valence-corrected chi connectivity index (χ3v) is 4.70. The lowest BCUT2D eigenvalue weighted by Crippen LogP contribution is -2.25. The predicted molar refractivity (Wildman–Crippen MR) is 95.7 cm³/mol. The summed E-state index contributed by atoms with van der Waals surface area (Å²) in [5.41, 5.74) is 4.35. The summed E-state index contributed by atoms with van der Waals surface area (Å²) >= 11 is 0. The number of nitrogens with one attached hydrogen (secondary N) is 1. The highest BCUT2D eigenvalue weighted by molar-refractivity contribution is 6.01. The molecule has 0 saturated heterocycles. The zero-order chi connectivity index (χ0) is 18.4. The van der Waals surface area contributed by atoms with Crippen LogP contribution in [-0.4, -0.2) is 27.5 Å². The normalized spacial score (nSPS) is 13.1. The van der Waals surface area contributed by atoms with E-state index in [2.05, 4.69) is 16.8 Å². The fraction of sp³-hybridized carbons (Fsp3) is 0.150. The van der Waals surface area contributed by atoms with Gasteiger partial charge in [0.2, 0.25) is 0 Å². The quantitative estimate of drug-likeness (QED) is 0.735. The molecular weight excluding hydrogens is 331 g/mol. The van der Waals surface area contributed by atoms with Crippen molar-refractivity contribution in [3.63, 3.8) is 0 Å². The van der Waals surface area contributed by atoms with Crippen LogP contribution in [0, 0.1) is 24.1 Å². The summed E-state index contributed by atoms with van der Waals surface area (Å²) in [6.07, 6.45) is 0. The van der Waals surface area contributed by atoms with Crippen molar-refractivity contribution < 1.29 is 9.18 Å². The van der Waals surface area contributed by atoms with Gasteiger partial charge in [-0.25, -0.2) is 4.39 Å². The third kappa shape index (κ3) is 2.37. The van der Waals surface area contributed by atoms with Crippen molar-refractivity contribution in [1.82, 2.24) is 15.1 Å². The highest BCUT2D eigenvalue weighted by Crippen LogP contribution is 2.35. The van der Waals surface area contributed by atoms with Gasteiger partial charge in [-0.3, -0.25) is 9.89 Å². The van der Waals surface area contributed by atoms with Gasteiger partial charge in [0.1, 0.15) is 5.52 Å². The molecule has 0 atom stereocenters. The summed E-state index contributed by atoms with van der Waals surface area (Å²) in [6, 6.07) is 10.7. The van der Waals surface area contributed by atoms with Crippen LogP contribution in [0.15, 0.2) is 42.5 Å². The van der Waals surface area contributed by atoms with Gasteiger partial charge >= 0.3 is 0 Å². The topological polar surface area (TPSA) is 72.8 Å². The zero-order valence-corrected chi connectivity index (χ0v) is 14.1. The number of H-pyrrole nitrogens is 1. The van der Waals surface area contributed by atoms with E-state index in [0.717, 1.165) is 22.2 Å². The number of fused-ring (bicyclic) bond motifs is 2. The number of carbonyl (C=O) groups is 1. The number of halogens is 1. The standard InChI is InChI=1S/C20H15FN4O/c1-11(8-22)9-25-10-17-14(4-3-5-15(17)20(25)26)13-6-16-12(2)23-24-19(16)18(21)7-13/h3-7H,1,9-10H2,2H3,(H,23,24). The first-order chi connectivity index (χ1) is 12.5. The van der Waals surface area contributed by atoms with E-state index in [1.807, 2.05) is 25.1 Å². The Morgan fingerprint density at radius 3 is 2.96 bits per heavy atom. The Morgan fingerprint density at radius 1 is 1.42 bits per heavy atom. The van der Waals surface area contributed by atoms with Gasteiger partial charge in [0, 0.05) is 28.8 Å². The molecule has 1 aromatic heterocycles. The van der Waals surface area contributed by atoms with Crippen molar-refractivity contribution in [2.45, 2.75) is 13.5 Å². The maximum absolute atomic E-state index is 14.5. The van der Waals surface area contributed by atoms with E-state index in [0.29, 0.717) is 28.8 Å². The Hall–Kier alpha value is -3.46. The number of hydrogen-bond donors (Lipinski definition) is 1. The molecule has 0 fully saturated rings. The number of nitrogens with zero attached hydrogens (tertiary/aromatic N) is 3. The van der Waals surface area contributed by atoms with Crippen molar-refractivity contribution in [2.24, 2.45) is 0 Å². The molecule has 26 heavy (non-hydrogen) atoms. The summed E-state index contributed by atoms with van der Waals surface area (Å²) in [4.78, 5) is 14.2. The van der Waals surface area contributed by atoms with E-state index in [4.69, 9.17) is 5.26 Å². The third-order valence-electron chi connectivity index (χ3n) is 4.70. The fourth-order valence-corrected chi connectivity index (χ4v) is 3.41. The minimum Gasteiger partial charge on any atom is -0.329 e. The van der Waals surface area contributed by atoms with Gasteiger partial charge in [-0.05, 0) is 41.8 Å². The van der Waals surface area contributed by atoms with Crippen LogP contribution in [0.25, 0.3) is 22.0 Å². The average Bonchev–Trinajstić information content (AvgIpc) is 3.16. The molecule has 0 spiro atoms. The van der Waals surface area contributed by atoms with Crippen molar-refractivity contribution >= 4 is 16.8 Å². The largest absolute Gasteiger partial charge is 0.329 e. The van der Waals surface area contributed by atoms with Crippen molar-refractivity contribution in [3.05, 3.63) is 65.1 Å². The molecule has 0 aliphatic carbocycles. The monoisotopic (exact) mass is 346 g/mol. The zero-order valence-electron chi connectivity index (χ0n) is 14.1. The van der Waals surface area contributed by atoms with Crippen LogP contribution in [0.2, 0.25) is 0 Å². The minimum atomic E-state index is -0.404.